The fourth-order valence-electron chi connectivity index (χ4n) is 2.29. The van der Waals surface area contributed by atoms with Crippen LogP contribution in [-0.4, -0.2) is 26.4 Å². The number of nitrogens with zero attached hydrogens (tertiary/aromatic N) is 4. The maximum atomic E-state index is 12.8. The van der Waals surface area contributed by atoms with Crippen molar-refractivity contribution in [1.29, 1.82) is 5.26 Å². The van der Waals surface area contributed by atoms with Crippen molar-refractivity contribution >= 4 is 34.0 Å². The highest BCUT2D eigenvalue weighted by Crippen LogP contribution is 2.31. The Balaban J connectivity index is 1.56. The molecule has 1 amide bonds. The second-order valence-electron chi connectivity index (χ2n) is 5.88. The van der Waals surface area contributed by atoms with Crippen LogP contribution in [0.5, 0.6) is 5.75 Å². The van der Waals surface area contributed by atoms with Crippen LogP contribution >= 0.6 is 23.1 Å². The lowest BCUT2D eigenvalue weighted by atomic mass is 10.2. The quantitative estimate of drug-likeness (QED) is 0.542. The van der Waals surface area contributed by atoms with Crippen LogP contribution in [0.4, 0.5) is 18.2 Å². The highest BCUT2D eigenvalue weighted by atomic mass is 32.2. The molecular weight excluding hydrogens is 439 g/mol. The molecule has 0 spiro atoms. The summed E-state index contributed by atoms with van der Waals surface area (Å²) >= 11 is 2.39. The highest BCUT2D eigenvalue weighted by molar-refractivity contribution is 7.99. The maximum Gasteiger partial charge on any atom is 0.416 e. The largest absolute Gasteiger partial charge is 0.486 e. The Morgan fingerprint density at radius 1 is 1.37 bits per heavy atom. The summed E-state index contributed by atoms with van der Waals surface area (Å²) in [6.45, 7) is -0.0850. The maximum absolute atomic E-state index is 12.8. The lowest BCUT2D eigenvalue weighted by Gasteiger charge is -2.10. The van der Waals surface area contributed by atoms with Gasteiger partial charge in [-0.15, -0.1) is 21.5 Å². The normalized spacial score (nSPS) is 11.2. The van der Waals surface area contributed by atoms with E-state index in [4.69, 9.17) is 10.00 Å². The number of amides is 1. The van der Waals surface area contributed by atoms with Gasteiger partial charge in [0.1, 0.15) is 23.4 Å². The summed E-state index contributed by atoms with van der Waals surface area (Å²) in [5.74, 6) is 0.193. The third kappa shape index (κ3) is 5.31. The lowest BCUT2D eigenvalue weighted by Crippen LogP contribution is -2.14. The average molecular weight is 453 g/mol. The summed E-state index contributed by atoms with van der Waals surface area (Å²) in [5, 5.41) is 22.2. The molecule has 0 atom stereocenters. The number of rotatable bonds is 7. The van der Waals surface area contributed by atoms with Crippen molar-refractivity contribution in [1.82, 2.24) is 14.8 Å². The summed E-state index contributed by atoms with van der Waals surface area (Å²) in [5.41, 5.74) is -0.406. The van der Waals surface area contributed by atoms with Crippen LogP contribution in [0, 0.1) is 11.3 Å². The molecule has 0 unspecified atom stereocenters. The van der Waals surface area contributed by atoms with E-state index in [1.165, 1.54) is 23.5 Å². The molecule has 0 aliphatic carbocycles. The van der Waals surface area contributed by atoms with Gasteiger partial charge in [0.05, 0.1) is 16.9 Å². The minimum atomic E-state index is -4.45. The first-order valence-corrected chi connectivity index (χ1v) is 10.2. The van der Waals surface area contributed by atoms with Gasteiger partial charge in [-0.25, -0.2) is 0 Å². The summed E-state index contributed by atoms with van der Waals surface area (Å²) in [6.07, 6.45) is -4.45. The molecule has 2 heterocycles. The van der Waals surface area contributed by atoms with Gasteiger partial charge in [-0.05, 0) is 29.6 Å². The van der Waals surface area contributed by atoms with Crippen LogP contribution in [0.15, 0.2) is 40.9 Å². The lowest BCUT2D eigenvalue weighted by molar-refractivity contribution is -0.137. The monoisotopic (exact) mass is 453 g/mol. The Kier molecular flexibility index (Phi) is 6.63. The number of hydrogen-bond acceptors (Lipinski definition) is 7. The zero-order valence-corrected chi connectivity index (χ0v) is 17.1. The first-order chi connectivity index (χ1) is 14.3. The summed E-state index contributed by atoms with van der Waals surface area (Å²) < 4.78 is 45.3. The number of carbonyl (C=O) groups excluding carboxylic acids is 1. The Hall–Kier alpha value is -3.04. The van der Waals surface area contributed by atoms with E-state index in [0.717, 1.165) is 23.9 Å². The molecule has 0 aliphatic heterocycles. The minimum absolute atomic E-state index is 0.0449. The van der Waals surface area contributed by atoms with Crippen LogP contribution in [0.2, 0.25) is 0 Å². The molecule has 0 saturated heterocycles. The molecule has 7 nitrogen and oxygen atoms in total. The molecule has 30 heavy (non-hydrogen) atoms. The van der Waals surface area contributed by atoms with E-state index in [2.05, 4.69) is 15.5 Å². The van der Waals surface area contributed by atoms with Crippen molar-refractivity contribution in [3.63, 3.8) is 0 Å². The average Bonchev–Trinajstić information content (AvgIpc) is 3.30. The number of benzene rings is 1. The topological polar surface area (TPSA) is 92.8 Å². The van der Waals surface area contributed by atoms with Crippen LogP contribution in [0.1, 0.15) is 17.0 Å². The Morgan fingerprint density at radius 2 is 2.17 bits per heavy atom. The van der Waals surface area contributed by atoms with Gasteiger partial charge in [0, 0.05) is 7.05 Å². The molecule has 1 aromatic carbocycles. The minimum Gasteiger partial charge on any atom is -0.486 e. The van der Waals surface area contributed by atoms with Gasteiger partial charge >= 0.3 is 6.18 Å². The molecule has 12 heteroatoms. The van der Waals surface area contributed by atoms with Crippen molar-refractivity contribution in [2.75, 3.05) is 11.1 Å². The Bertz CT molecular complexity index is 1090. The van der Waals surface area contributed by atoms with Gasteiger partial charge in [0.2, 0.25) is 5.91 Å². The third-order valence-electron chi connectivity index (χ3n) is 3.83. The Morgan fingerprint density at radius 3 is 2.90 bits per heavy atom. The third-order valence-corrected chi connectivity index (χ3v) is 5.68. The van der Waals surface area contributed by atoms with E-state index < -0.39 is 11.7 Å². The predicted octanol–water partition coefficient (Wildman–Crippen LogP) is 4.08. The van der Waals surface area contributed by atoms with Gasteiger partial charge < -0.3 is 14.6 Å². The number of hydrogen-bond donors (Lipinski definition) is 1. The number of anilines is 1. The van der Waals surface area contributed by atoms with Gasteiger partial charge in [0.15, 0.2) is 11.0 Å². The zero-order valence-electron chi connectivity index (χ0n) is 15.4. The molecule has 2 aromatic heterocycles. The number of ether oxygens (including phenoxy) is 1. The van der Waals surface area contributed by atoms with Gasteiger partial charge in [0.25, 0.3) is 0 Å². The van der Waals surface area contributed by atoms with Crippen LogP contribution in [-0.2, 0) is 24.6 Å². The predicted molar refractivity (Wildman–Crippen MR) is 105 cm³/mol. The molecular formula is C18H14F3N5O2S2. The smallest absolute Gasteiger partial charge is 0.416 e. The SMILES string of the molecule is Cn1c(COc2cccc(C(F)(F)F)c2)nnc1SCC(=O)Nc1sccc1C#N. The zero-order chi connectivity index (χ0) is 21.7. The molecule has 0 aliphatic rings. The van der Waals surface area contributed by atoms with E-state index in [0.29, 0.717) is 21.5 Å². The van der Waals surface area contributed by atoms with E-state index in [9.17, 15) is 18.0 Å². The molecule has 156 valence electrons. The fraction of sp³-hybridized carbons (Fsp3) is 0.222. The molecule has 0 bridgehead atoms. The van der Waals surface area contributed by atoms with Gasteiger partial charge in [-0.3, -0.25) is 4.79 Å². The second kappa shape index (κ2) is 9.19. The first-order valence-electron chi connectivity index (χ1n) is 8.36. The molecule has 1 N–H and O–H groups in total. The fourth-order valence-corrected chi connectivity index (χ4v) is 3.78. The van der Waals surface area contributed by atoms with Crippen LogP contribution in [0.25, 0.3) is 0 Å². The van der Waals surface area contributed by atoms with E-state index in [1.54, 1.807) is 23.1 Å². The van der Waals surface area contributed by atoms with Gasteiger partial charge in [-0.1, -0.05) is 17.8 Å². The number of thioether (sulfide) groups is 1. The van der Waals surface area contributed by atoms with E-state index >= 15 is 0 Å². The molecule has 0 saturated carbocycles. The van der Waals surface area contributed by atoms with E-state index in [-0.39, 0.29) is 24.0 Å². The standard InChI is InChI=1S/C18H14F3N5O2S2/c1-26-14(9-28-13-4-2-3-12(7-13)18(19,20)21)24-25-17(26)30-10-15(27)23-16-11(8-22)5-6-29-16/h2-7H,9-10H2,1H3,(H,23,27). The van der Waals surface area contributed by atoms with Crippen LogP contribution < -0.4 is 10.1 Å². The number of carbonyl (C=O) groups is 1. The number of nitrogens with one attached hydrogen (secondary N) is 1. The molecule has 0 radical (unpaired) electrons. The molecule has 3 aromatic rings. The van der Waals surface area contributed by atoms with Crippen molar-refractivity contribution in [2.24, 2.45) is 7.05 Å². The summed E-state index contributed by atoms with van der Waals surface area (Å²) in [4.78, 5) is 12.1. The number of alkyl halides is 3. The highest BCUT2D eigenvalue weighted by Gasteiger charge is 2.30. The van der Waals surface area contributed by atoms with Crippen molar-refractivity contribution in [2.45, 2.75) is 17.9 Å². The molecule has 3 rings (SSSR count). The Labute approximate surface area is 177 Å². The van der Waals surface area contributed by atoms with Crippen molar-refractivity contribution in [3.8, 4) is 11.8 Å². The number of nitriles is 1. The van der Waals surface area contributed by atoms with Gasteiger partial charge in [-0.2, -0.15) is 18.4 Å². The van der Waals surface area contributed by atoms with Crippen LogP contribution in [0.3, 0.4) is 0 Å². The number of thiophene rings is 1. The first kappa shape index (κ1) is 21.7. The van der Waals surface area contributed by atoms with Crippen molar-refractivity contribution < 1.29 is 22.7 Å². The number of aromatic nitrogens is 3. The van der Waals surface area contributed by atoms with E-state index in [1.807, 2.05) is 6.07 Å². The number of halogens is 3. The summed E-state index contributed by atoms with van der Waals surface area (Å²) in [6, 6.07) is 8.17. The molecule has 0 fully saturated rings. The second-order valence-corrected chi connectivity index (χ2v) is 7.74. The van der Waals surface area contributed by atoms with Crippen molar-refractivity contribution in [3.05, 3.63) is 52.7 Å². The summed E-state index contributed by atoms with van der Waals surface area (Å²) in [7, 11) is 1.66.